The average Bonchev–Trinajstić information content (AvgIpc) is 2.08. The van der Waals surface area contributed by atoms with Crippen LogP contribution < -0.4 is 0 Å². The number of rotatable bonds is 2. The molecule has 0 spiro atoms. The Morgan fingerprint density at radius 1 is 1.14 bits per heavy atom. The number of hydrazone groups is 1. The molecule has 2 nitrogen and oxygen atoms in total. The summed E-state index contributed by atoms with van der Waals surface area (Å²) in [5.41, 5.74) is 4.89. The molecule has 0 heterocycles. The van der Waals surface area contributed by atoms with Crippen LogP contribution in [0.25, 0.3) is 0 Å². The van der Waals surface area contributed by atoms with Crippen LogP contribution in [0, 0.1) is 13.8 Å². The molecule has 0 radical (unpaired) electrons. The fraction of sp³-hybridized carbons (Fsp3) is 0.417. The van der Waals surface area contributed by atoms with Crippen molar-refractivity contribution in [2.45, 2.75) is 20.8 Å². The lowest BCUT2D eigenvalue weighted by Gasteiger charge is -2.08. The summed E-state index contributed by atoms with van der Waals surface area (Å²) in [6.45, 7) is 6.28. The molecule has 0 saturated heterocycles. The molecule has 1 aromatic rings. The summed E-state index contributed by atoms with van der Waals surface area (Å²) in [5.74, 6) is 0. The van der Waals surface area contributed by atoms with E-state index in [1.54, 1.807) is 0 Å². The second kappa shape index (κ2) is 4.27. The van der Waals surface area contributed by atoms with Crippen molar-refractivity contribution >= 4 is 5.71 Å². The van der Waals surface area contributed by atoms with Crippen molar-refractivity contribution in [1.82, 2.24) is 5.01 Å². The van der Waals surface area contributed by atoms with E-state index < -0.39 is 0 Å². The molecule has 0 amide bonds. The van der Waals surface area contributed by atoms with Crippen LogP contribution in [0.1, 0.15) is 23.6 Å². The minimum absolute atomic E-state index is 1.05. The molecule has 0 aliphatic rings. The Labute approximate surface area is 86.2 Å². The fourth-order valence-electron chi connectivity index (χ4n) is 1.32. The van der Waals surface area contributed by atoms with E-state index in [-0.39, 0.29) is 0 Å². The van der Waals surface area contributed by atoms with Crippen LogP contribution in [0.4, 0.5) is 0 Å². The van der Waals surface area contributed by atoms with Crippen molar-refractivity contribution in [2.24, 2.45) is 5.10 Å². The minimum Gasteiger partial charge on any atom is -0.303 e. The van der Waals surface area contributed by atoms with Crippen LogP contribution in [0.5, 0.6) is 0 Å². The second-order valence-electron chi connectivity index (χ2n) is 3.83. The van der Waals surface area contributed by atoms with Gasteiger partial charge >= 0.3 is 0 Å². The zero-order valence-corrected chi connectivity index (χ0v) is 9.63. The zero-order valence-electron chi connectivity index (χ0n) is 9.63. The maximum Gasteiger partial charge on any atom is 0.0646 e. The number of nitrogens with zero attached hydrogens (tertiary/aromatic N) is 2. The molecule has 0 saturated carbocycles. The average molecular weight is 190 g/mol. The van der Waals surface area contributed by atoms with Gasteiger partial charge in [-0.2, -0.15) is 5.10 Å². The summed E-state index contributed by atoms with van der Waals surface area (Å²) in [6.07, 6.45) is 0. The van der Waals surface area contributed by atoms with Gasteiger partial charge in [0, 0.05) is 14.1 Å². The van der Waals surface area contributed by atoms with E-state index in [1.807, 2.05) is 26.0 Å². The highest BCUT2D eigenvalue weighted by molar-refractivity contribution is 5.98. The standard InChI is InChI=1S/C12H18N2/c1-9-6-7-12(8-10(9)2)11(3)13-14(4)5/h6-8H,1-5H3/b13-11-. The van der Waals surface area contributed by atoms with Crippen LogP contribution in [0.15, 0.2) is 23.3 Å². The predicted molar refractivity (Wildman–Crippen MR) is 61.8 cm³/mol. The van der Waals surface area contributed by atoms with E-state index in [1.165, 1.54) is 16.7 Å². The summed E-state index contributed by atoms with van der Waals surface area (Å²) in [6, 6.07) is 6.43. The Morgan fingerprint density at radius 3 is 2.29 bits per heavy atom. The van der Waals surface area contributed by atoms with Gasteiger partial charge in [0.25, 0.3) is 0 Å². The molecule has 0 aliphatic heterocycles. The second-order valence-corrected chi connectivity index (χ2v) is 3.83. The van der Waals surface area contributed by atoms with E-state index in [2.05, 4.69) is 37.1 Å². The van der Waals surface area contributed by atoms with Crippen molar-refractivity contribution in [3.05, 3.63) is 34.9 Å². The molecule has 0 unspecified atom stereocenters. The van der Waals surface area contributed by atoms with Crippen molar-refractivity contribution < 1.29 is 0 Å². The number of hydrogen-bond donors (Lipinski definition) is 0. The molecule has 0 fully saturated rings. The van der Waals surface area contributed by atoms with Gasteiger partial charge in [-0.1, -0.05) is 12.1 Å². The highest BCUT2D eigenvalue weighted by Gasteiger charge is 1.99. The van der Waals surface area contributed by atoms with Crippen LogP contribution in [0.3, 0.4) is 0 Å². The summed E-state index contributed by atoms with van der Waals surface area (Å²) in [4.78, 5) is 0. The largest absolute Gasteiger partial charge is 0.303 e. The van der Waals surface area contributed by atoms with Gasteiger partial charge in [0.15, 0.2) is 0 Å². The van der Waals surface area contributed by atoms with Crippen LogP contribution in [0.2, 0.25) is 0 Å². The van der Waals surface area contributed by atoms with E-state index in [9.17, 15) is 0 Å². The number of aryl methyl sites for hydroxylation is 2. The smallest absolute Gasteiger partial charge is 0.0646 e. The Hall–Kier alpha value is -1.31. The topological polar surface area (TPSA) is 15.6 Å². The molecule has 0 aliphatic carbocycles. The first-order valence-electron chi connectivity index (χ1n) is 4.81. The van der Waals surface area contributed by atoms with Crippen molar-refractivity contribution in [2.75, 3.05) is 14.1 Å². The molecular weight excluding hydrogens is 172 g/mol. The maximum absolute atomic E-state index is 4.37. The molecule has 1 rings (SSSR count). The van der Waals surface area contributed by atoms with Crippen LogP contribution in [-0.2, 0) is 0 Å². The first kappa shape index (κ1) is 10.8. The third-order valence-corrected chi connectivity index (χ3v) is 2.27. The SMILES string of the molecule is C/C(=N/N(C)C)c1ccc(C)c(C)c1. The number of hydrogen-bond acceptors (Lipinski definition) is 2. The molecule has 0 bridgehead atoms. The van der Waals surface area contributed by atoms with Crippen molar-refractivity contribution in [3.8, 4) is 0 Å². The molecule has 0 atom stereocenters. The van der Waals surface area contributed by atoms with Gasteiger partial charge in [-0.25, -0.2) is 0 Å². The molecule has 2 heteroatoms. The van der Waals surface area contributed by atoms with Gasteiger partial charge in [-0.15, -0.1) is 0 Å². The van der Waals surface area contributed by atoms with E-state index in [4.69, 9.17) is 0 Å². The number of benzene rings is 1. The van der Waals surface area contributed by atoms with Crippen molar-refractivity contribution in [3.63, 3.8) is 0 Å². The molecule has 0 N–H and O–H groups in total. The highest BCUT2D eigenvalue weighted by atomic mass is 15.4. The molecule has 14 heavy (non-hydrogen) atoms. The van der Waals surface area contributed by atoms with E-state index in [0.717, 1.165) is 5.71 Å². The monoisotopic (exact) mass is 190 g/mol. The van der Waals surface area contributed by atoms with E-state index in [0.29, 0.717) is 0 Å². The summed E-state index contributed by atoms with van der Waals surface area (Å²) < 4.78 is 0. The maximum atomic E-state index is 4.37. The summed E-state index contributed by atoms with van der Waals surface area (Å²) in [7, 11) is 3.87. The van der Waals surface area contributed by atoms with E-state index >= 15 is 0 Å². The highest BCUT2D eigenvalue weighted by Crippen LogP contribution is 2.10. The lowest BCUT2D eigenvalue weighted by Crippen LogP contribution is -2.07. The van der Waals surface area contributed by atoms with Gasteiger partial charge in [-0.05, 0) is 43.5 Å². The third-order valence-electron chi connectivity index (χ3n) is 2.27. The van der Waals surface area contributed by atoms with Gasteiger partial charge < -0.3 is 5.01 Å². The van der Waals surface area contributed by atoms with Gasteiger partial charge in [0.2, 0.25) is 0 Å². The Kier molecular flexibility index (Phi) is 3.28. The fourth-order valence-corrected chi connectivity index (χ4v) is 1.32. The van der Waals surface area contributed by atoms with Crippen molar-refractivity contribution in [1.29, 1.82) is 0 Å². The summed E-state index contributed by atoms with van der Waals surface area (Å²) >= 11 is 0. The molecular formula is C12H18N2. The first-order chi connectivity index (χ1) is 6.50. The minimum atomic E-state index is 1.05. The zero-order chi connectivity index (χ0) is 10.7. The van der Waals surface area contributed by atoms with Gasteiger partial charge in [0.1, 0.15) is 0 Å². The lowest BCUT2D eigenvalue weighted by molar-refractivity contribution is 0.438. The van der Waals surface area contributed by atoms with Gasteiger partial charge in [0.05, 0.1) is 5.71 Å². The lowest BCUT2D eigenvalue weighted by atomic mass is 10.0. The quantitative estimate of drug-likeness (QED) is 0.517. The summed E-state index contributed by atoms with van der Waals surface area (Å²) in [5, 5.41) is 6.19. The molecule has 1 aromatic carbocycles. The molecule has 76 valence electrons. The third kappa shape index (κ3) is 2.59. The molecule has 0 aromatic heterocycles. The Balaban J connectivity index is 3.03. The Bertz CT molecular complexity index is 351. The van der Waals surface area contributed by atoms with Crippen LogP contribution in [-0.4, -0.2) is 24.8 Å². The first-order valence-corrected chi connectivity index (χ1v) is 4.81. The van der Waals surface area contributed by atoms with Gasteiger partial charge in [-0.3, -0.25) is 0 Å². The predicted octanol–water partition coefficient (Wildman–Crippen LogP) is 2.59. The van der Waals surface area contributed by atoms with Crippen LogP contribution >= 0.6 is 0 Å². The Morgan fingerprint density at radius 2 is 1.79 bits per heavy atom. The normalized spacial score (nSPS) is 11.6.